The summed E-state index contributed by atoms with van der Waals surface area (Å²) in [6.45, 7) is 0. The molecule has 2 heterocycles. The Morgan fingerprint density at radius 2 is 2.00 bits per heavy atom. The summed E-state index contributed by atoms with van der Waals surface area (Å²) in [5, 5.41) is 10.6. The number of pyridine rings is 1. The normalized spacial score (nSPS) is 10.3. The second kappa shape index (κ2) is 2.37. The number of hydrogen-bond donors (Lipinski definition) is 0. The Morgan fingerprint density at radius 1 is 1.17 bits per heavy atom. The molecule has 0 bridgehead atoms. The largest absolute Gasteiger partial charge is 0.388 e. The second-order valence-electron chi connectivity index (χ2n) is 2.51. The molecule has 1 radical (unpaired) electrons. The molecule has 2 rings (SSSR count). The van der Waals surface area contributed by atoms with E-state index in [-0.39, 0.29) is 5.56 Å². The van der Waals surface area contributed by atoms with Crippen LogP contribution in [0.1, 0.15) is 10.4 Å². The van der Waals surface area contributed by atoms with Gasteiger partial charge in [-0.2, -0.15) is 0 Å². The third-order valence-electron chi connectivity index (χ3n) is 1.79. The summed E-state index contributed by atoms with van der Waals surface area (Å²) in [5.41, 5.74) is 0.896. The van der Waals surface area contributed by atoms with Crippen molar-refractivity contribution < 1.29 is 9.90 Å². The third-order valence-corrected chi connectivity index (χ3v) is 1.79. The molecule has 0 aliphatic heterocycles. The van der Waals surface area contributed by atoms with Gasteiger partial charge < -0.3 is 4.40 Å². The van der Waals surface area contributed by atoms with Gasteiger partial charge in [0.15, 0.2) is 0 Å². The van der Waals surface area contributed by atoms with Gasteiger partial charge in [-0.05, 0) is 18.2 Å². The van der Waals surface area contributed by atoms with Gasteiger partial charge in [0.05, 0.1) is 11.1 Å². The molecule has 0 saturated heterocycles. The van der Waals surface area contributed by atoms with E-state index in [4.69, 9.17) is 0 Å². The smallest absolute Gasteiger partial charge is 0.323 e. The second-order valence-corrected chi connectivity index (χ2v) is 2.51. The minimum atomic E-state index is -1.14. The number of hydrogen-bond acceptors (Lipinski definition) is 1. The van der Waals surface area contributed by atoms with Gasteiger partial charge in [0.25, 0.3) is 0 Å². The number of aromatic nitrogens is 1. The van der Waals surface area contributed by atoms with Gasteiger partial charge in [-0.15, -0.1) is 0 Å². The van der Waals surface area contributed by atoms with E-state index < -0.39 is 5.97 Å². The molecule has 2 aromatic rings. The van der Waals surface area contributed by atoms with Crippen LogP contribution in [0.5, 0.6) is 0 Å². The zero-order valence-electron chi connectivity index (χ0n) is 6.23. The van der Waals surface area contributed by atoms with Gasteiger partial charge in [0.2, 0.25) is 0 Å². The summed E-state index contributed by atoms with van der Waals surface area (Å²) in [6.07, 6.45) is 3.49. The summed E-state index contributed by atoms with van der Waals surface area (Å²) in [7, 11) is 0. The standard InChI is InChI=1S/C9H6NO2/c11-9(12)7-4-6-10-5-2-1-3-8(7)10/h1-6H. The van der Waals surface area contributed by atoms with E-state index in [2.05, 4.69) is 0 Å². The molecule has 0 atom stereocenters. The lowest BCUT2D eigenvalue weighted by Gasteiger charge is -1.92. The molecule has 3 nitrogen and oxygen atoms in total. The number of rotatable bonds is 1. The Morgan fingerprint density at radius 3 is 2.75 bits per heavy atom. The summed E-state index contributed by atoms with van der Waals surface area (Å²) in [6, 6.07) is 6.91. The minimum Gasteiger partial charge on any atom is -0.323 e. The van der Waals surface area contributed by atoms with E-state index in [1.54, 1.807) is 28.9 Å². The molecule has 0 spiro atoms. The molecule has 59 valence electrons. The van der Waals surface area contributed by atoms with Crippen LogP contribution in [-0.2, 0) is 5.11 Å². The Labute approximate surface area is 68.9 Å². The first-order chi connectivity index (χ1) is 5.79. The van der Waals surface area contributed by atoms with Crippen LogP contribution in [0.25, 0.3) is 5.52 Å². The predicted octanol–water partition coefficient (Wildman–Crippen LogP) is 1.51. The van der Waals surface area contributed by atoms with Crippen LogP contribution in [0.3, 0.4) is 0 Å². The molecular weight excluding hydrogens is 154 g/mol. The van der Waals surface area contributed by atoms with Crippen LogP contribution in [0.15, 0.2) is 36.7 Å². The molecule has 12 heavy (non-hydrogen) atoms. The zero-order valence-corrected chi connectivity index (χ0v) is 6.23. The molecule has 0 aliphatic rings. The van der Waals surface area contributed by atoms with Crippen molar-refractivity contribution in [2.45, 2.75) is 0 Å². The fourth-order valence-corrected chi connectivity index (χ4v) is 1.23. The summed E-state index contributed by atoms with van der Waals surface area (Å²) in [4.78, 5) is 10.6. The number of carbonyl (C=O) groups excluding carboxylic acids is 1. The van der Waals surface area contributed by atoms with Crippen LogP contribution in [0.2, 0.25) is 0 Å². The number of nitrogens with zero attached hydrogens (tertiary/aromatic N) is 1. The topological polar surface area (TPSA) is 41.4 Å². The summed E-state index contributed by atoms with van der Waals surface area (Å²) < 4.78 is 1.74. The fraction of sp³-hybridized carbons (Fsp3) is 0. The van der Waals surface area contributed by atoms with Crippen molar-refractivity contribution in [1.29, 1.82) is 0 Å². The molecule has 2 aromatic heterocycles. The molecule has 0 aliphatic carbocycles. The van der Waals surface area contributed by atoms with Crippen molar-refractivity contribution in [2.24, 2.45) is 0 Å². The number of fused-ring (bicyclic) bond motifs is 1. The van der Waals surface area contributed by atoms with Crippen LogP contribution in [-0.4, -0.2) is 10.4 Å². The van der Waals surface area contributed by atoms with E-state index in [0.29, 0.717) is 5.52 Å². The van der Waals surface area contributed by atoms with Crippen molar-refractivity contribution in [3.8, 4) is 0 Å². The van der Waals surface area contributed by atoms with Gasteiger partial charge >= 0.3 is 5.97 Å². The molecule has 0 fully saturated rings. The van der Waals surface area contributed by atoms with Gasteiger partial charge in [-0.1, -0.05) is 6.07 Å². The Balaban J connectivity index is 2.79. The monoisotopic (exact) mass is 160 g/mol. The minimum absolute atomic E-state index is 0.232. The fourth-order valence-electron chi connectivity index (χ4n) is 1.23. The van der Waals surface area contributed by atoms with E-state index in [9.17, 15) is 9.90 Å². The first-order valence-corrected chi connectivity index (χ1v) is 3.56. The van der Waals surface area contributed by atoms with Crippen molar-refractivity contribution in [1.82, 2.24) is 4.40 Å². The van der Waals surface area contributed by atoms with Gasteiger partial charge in [-0.25, -0.2) is 9.90 Å². The lowest BCUT2D eigenvalue weighted by Crippen LogP contribution is -1.92. The first kappa shape index (κ1) is 6.91. The molecule has 0 amide bonds. The van der Waals surface area contributed by atoms with E-state index in [0.717, 1.165) is 0 Å². The molecular formula is C9H6NO2. The quantitative estimate of drug-likeness (QED) is 0.623. The molecule has 0 N–H and O–H groups in total. The van der Waals surface area contributed by atoms with Crippen molar-refractivity contribution in [2.75, 3.05) is 0 Å². The van der Waals surface area contributed by atoms with E-state index >= 15 is 0 Å². The van der Waals surface area contributed by atoms with Gasteiger partial charge in [0, 0.05) is 12.4 Å². The molecule has 0 unspecified atom stereocenters. The highest BCUT2D eigenvalue weighted by molar-refractivity contribution is 5.95. The maximum Gasteiger partial charge on any atom is 0.388 e. The predicted molar refractivity (Wildman–Crippen MR) is 42.4 cm³/mol. The molecule has 0 aromatic carbocycles. The average Bonchev–Trinajstić information content (AvgIpc) is 2.47. The number of carbonyl (C=O) groups is 1. The highest BCUT2D eigenvalue weighted by Gasteiger charge is 2.09. The van der Waals surface area contributed by atoms with E-state index in [1.807, 2.05) is 6.07 Å². The highest BCUT2D eigenvalue weighted by Crippen LogP contribution is 2.11. The summed E-state index contributed by atoms with van der Waals surface area (Å²) in [5.74, 6) is -1.14. The van der Waals surface area contributed by atoms with Crippen LogP contribution in [0.4, 0.5) is 0 Å². The van der Waals surface area contributed by atoms with Crippen molar-refractivity contribution in [3.05, 3.63) is 42.2 Å². The average molecular weight is 160 g/mol. The van der Waals surface area contributed by atoms with E-state index in [1.165, 1.54) is 6.07 Å². The highest BCUT2D eigenvalue weighted by atomic mass is 16.4. The van der Waals surface area contributed by atoms with Crippen molar-refractivity contribution in [3.63, 3.8) is 0 Å². The Hall–Kier alpha value is -1.77. The maximum atomic E-state index is 10.6. The van der Waals surface area contributed by atoms with Crippen LogP contribution < -0.4 is 0 Å². The first-order valence-electron chi connectivity index (χ1n) is 3.56. The third kappa shape index (κ3) is 0.871. The van der Waals surface area contributed by atoms with Gasteiger partial charge in [-0.3, -0.25) is 0 Å². The molecule has 0 saturated carbocycles. The Bertz CT molecular complexity index is 431. The van der Waals surface area contributed by atoms with Crippen LogP contribution in [0, 0.1) is 0 Å². The summed E-state index contributed by atoms with van der Waals surface area (Å²) >= 11 is 0. The maximum absolute atomic E-state index is 10.6. The van der Waals surface area contributed by atoms with Crippen molar-refractivity contribution >= 4 is 11.5 Å². The van der Waals surface area contributed by atoms with Crippen LogP contribution >= 0.6 is 0 Å². The SMILES string of the molecule is [O]C(=O)c1ccn2ccccc12. The Kier molecular flexibility index (Phi) is 1.37. The zero-order chi connectivity index (χ0) is 8.55. The molecule has 3 heteroatoms. The lowest BCUT2D eigenvalue weighted by atomic mass is 10.2. The lowest BCUT2D eigenvalue weighted by molar-refractivity contribution is 0.0575. The van der Waals surface area contributed by atoms with Gasteiger partial charge in [0.1, 0.15) is 0 Å².